The maximum atomic E-state index is 12.9. The summed E-state index contributed by atoms with van der Waals surface area (Å²) >= 11 is 3.73. The molecule has 0 fully saturated rings. The molecule has 0 amide bonds. The van der Waals surface area contributed by atoms with Gasteiger partial charge in [0.05, 0.1) is 6.61 Å². The minimum absolute atomic E-state index is 0.189. The van der Waals surface area contributed by atoms with Crippen molar-refractivity contribution in [3.63, 3.8) is 0 Å². The first-order valence-corrected chi connectivity index (χ1v) is 7.78. The minimum atomic E-state index is -0.189. The van der Waals surface area contributed by atoms with E-state index in [9.17, 15) is 4.39 Å². The topological polar surface area (TPSA) is 9.23 Å². The lowest BCUT2D eigenvalue weighted by Crippen LogP contribution is -2.09. The van der Waals surface area contributed by atoms with Crippen LogP contribution in [0.25, 0.3) is 0 Å². The van der Waals surface area contributed by atoms with Crippen LogP contribution in [0, 0.1) is 5.82 Å². The van der Waals surface area contributed by atoms with Crippen LogP contribution in [0.4, 0.5) is 4.39 Å². The largest absolute Gasteiger partial charge is 0.493 e. The van der Waals surface area contributed by atoms with Gasteiger partial charge in [-0.2, -0.15) is 0 Å². The second kappa shape index (κ2) is 5.96. The zero-order valence-corrected chi connectivity index (χ0v) is 12.7. The van der Waals surface area contributed by atoms with Gasteiger partial charge in [-0.3, -0.25) is 0 Å². The summed E-state index contributed by atoms with van der Waals surface area (Å²) < 4.78 is 18.5. The van der Waals surface area contributed by atoms with Crippen LogP contribution < -0.4 is 4.74 Å². The van der Waals surface area contributed by atoms with E-state index >= 15 is 0 Å². The van der Waals surface area contributed by atoms with Gasteiger partial charge in [-0.1, -0.05) is 40.2 Å². The van der Waals surface area contributed by atoms with E-state index in [0.717, 1.165) is 37.2 Å². The first-order chi connectivity index (χ1) is 9.72. The van der Waals surface area contributed by atoms with Crippen molar-refractivity contribution >= 4 is 15.9 Å². The summed E-state index contributed by atoms with van der Waals surface area (Å²) in [7, 11) is 0. The Morgan fingerprint density at radius 1 is 1.15 bits per heavy atom. The molecule has 1 atom stereocenters. The van der Waals surface area contributed by atoms with Crippen molar-refractivity contribution in [1.82, 2.24) is 0 Å². The molecule has 1 unspecified atom stereocenters. The summed E-state index contributed by atoms with van der Waals surface area (Å²) in [6.45, 7) is 0.819. The van der Waals surface area contributed by atoms with Crippen molar-refractivity contribution in [2.75, 3.05) is 6.61 Å². The van der Waals surface area contributed by atoms with Gasteiger partial charge < -0.3 is 4.74 Å². The molecular weight excluding hydrogens is 319 g/mol. The van der Waals surface area contributed by atoms with Crippen molar-refractivity contribution in [2.45, 2.75) is 24.1 Å². The Morgan fingerprint density at radius 2 is 1.95 bits per heavy atom. The Balaban J connectivity index is 1.76. The monoisotopic (exact) mass is 334 g/mol. The molecular formula is C17H16BrFO. The Kier molecular flexibility index (Phi) is 4.06. The summed E-state index contributed by atoms with van der Waals surface area (Å²) in [4.78, 5) is 0.236. The summed E-state index contributed by atoms with van der Waals surface area (Å²) in [6, 6.07) is 13.1. The standard InChI is InChI=1S/C17H16BrFO/c18-16(10-12-3-6-15(19)7-4-12)13-5-8-17-14(11-13)2-1-9-20-17/h3-8,11,16H,1-2,9-10H2. The van der Waals surface area contributed by atoms with Gasteiger partial charge >= 0.3 is 0 Å². The summed E-state index contributed by atoms with van der Waals surface area (Å²) in [6.07, 6.45) is 3.01. The number of aryl methyl sites for hydroxylation is 1. The molecule has 0 spiro atoms. The van der Waals surface area contributed by atoms with E-state index in [2.05, 4.69) is 34.1 Å². The highest BCUT2D eigenvalue weighted by molar-refractivity contribution is 9.09. The van der Waals surface area contributed by atoms with Crippen LogP contribution in [0.2, 0.25) is 0 Å². The lowest BCUT2D eigenvalue weighted by Gasteiger charge is -2.19. The van der Waals surface area contributed by atoms with Gasteiger partial charge in [0.2, 0.25) is 0 Å². The second-order valence-corrected chi connectivity index (χ2v) is 6.22. The number of rotatable bonds is 3. The lowest BCUT2D eigenvalue weighted by molar-refractivity contribution is 0.288. The van der Waals surface area contributed by atoms with Crippen LogP contribution in [-0.4, -0.2) is 6.61 Å². The van der Waals surface area contributed by atoms with E-state index in [0.29, 0.717) is 0 Å². The first-order valence-electron chi connectivity index (χ1n) is 6.86. The molecule has 0 saturated carbocycles. The first kappa shape index (κ1) is 13.6. The molecule has 3 rings (SSSR count). The molecule has 1 aliphatic rings. The van der Waals surface area contributed by atoms with E-state index in [1.807, 2.05) is 12.1 Å². The van der Waals surface area contributed by atoms with E-state index in [4.69, 9.17) is 4.74 Å². The Labute approximate surface area is 126 Å². The molecule has 20 heavy (non-hydrogen) atoms. The number of benzene rings is 2. The van der Waals surface area contributed by atoms with Crippen molar-refractivity contribution in [3.8, 4) is 5.75 Å². The molecule has 1 nitrogen and oxygen atoms in total. The third-order valence-electron chi connectivity index (χ3n) is 3.62. The van der Waals surface area contributed by atoms with E-state index < -0.39 is 0 Å². The minimum Gasteiger partial charge on any atom is -0.493 e. The molecule has 2 aromatic rings. The average Bonchev–Trinajstić information content (AvgIpc) is 2.49. The lowest BCUT2D eigenvalue weighted by atomic mass is 9.99. The molecule has 1 aliphatic heterocycles. The summed E-state index contributed by atoms with van der Waals surface area (Å²) in [5.41, 5.74) is 3.66. The fourth-order valence-corrected chi connectivity index (χ4v) is 3.18. The van der Waals surface area contributed by atoms with Gasteiger partial charge in [0.1, 0.15) is 11.6 Å². The van der Waals surface area contributed by atoms with Crippen LogP contribution in [0.1, 0.15) is 27.9 Å². The zero-order chi connectivity index (χ0) is 13.9. The maximum Gasteiger partial charge on any atom is 0.123 e. The number of ether oxygens (including phenoxy) is 1. The molecule has 0 radical (unpaired) electrons. The van der Waals surface area contributed by atoms with Gasteiger partial charge in [0.15, 0.2) is 0 Å². The van der Waals surface area contributed by atoms with Crippen molar-refractivity contribution in [2.24, 2.45) is 0 Å². The maximum absolute atomic E-state index is 12.9. The molecule has 0 aromatic heterocycles. The Hall–Kier alpha value is -1.35. The SMILES string of the molecule is Fc1ccc(CC(Br)c2ccc3c(c2)CCCO3)cc1. The molecule has 104 valence electrons. The predicted molar refractivity (Wildman–Crippen MR) is 82.0 cm³/mol. The van der Waals surface area contributed by atoms with E-state index in [1.165, 1.54) is 23.3 Å². The molecule has 1 heterocycles. The van der Waals surface area contributed by atoms with Gasteiger partial charge in [0.25, 0.3) is 0 Å². The predicted octanol–water partition coefficient (Wildman–Crippen LogP) is 4.83. The smallest absolute Gasteiger partial charge is 0.123 e. The Bertz CT molecular complexity index is 594. The molecule has 0 N–H and O–H groups in total. The molecule has 0 bridgehead atoms. The highest BCUT2D eigenvalue weighted by atomic mass is 79.9. The van der Waals surface area contributed by atoms with Crippen molar-refractivity contribution in [1.29, 1.82) is 0 Å². The van der Waals surface area contributed by atoms with Gasteiger partial charge in [0, 0.05) is 4.83 Å². The average molecular weight is 335 g/mol. The molecule has 3 heteroatoms. The zero-order valence-electron chi connectivity index (χ0n) is 11.1. The second-order valence-electron chi connectivity index (χ2n) is 5.12. The number of halogens is 2. The summed E-state index contributed by atoms with van der Waals surface area (Å²) in [5.74, 6) is 0.826. The molecule has 2 aromatic carbocycles. The van der Waals surface area contributed by atoms with Gasteiger partial charge in [-0.05, 0) is 54.2 Å². The number of hydrogen-bond donors (Lipinski definition) is 0. The van der Waals surface area contributed by atoms with Crippen LogP contribution in [-0.2, 0) is 12.8 Å². The van der Waals surface area contributed by atoms with Crippen LogP contribution in [0.5, 0.6) is 5.75 Å². The van der Waals surface area contributed by atoms with Gasteiger partial charge in [-0.15, -0.1) is 0 Å². The fourth-order valence-electron chi connectivity index (χ4n) is 2.52. The highest BCUT2D eigenvalue weighted by Crippen LogP contribution is 2.32. The van der Waals surface area contributed by atoms with Crippen molar-refractivity contribution < 1.29 is 9.13 Å². The van der Waals surface area contributed by atoms with Gasteiger partial charge in [-0.25, -0.2) is 4.39 Å². The number of alkyl halides is 1. The number of hydrogen-bond acceptors (Lipinski definition) is 1. The van der Waals surface area contributed by atoms with Crippen LogP contribution in [0.3, 0.4) is 0 Å². The fraction of sp³-hybridized carbons (Fsp3) is 0.294. The quantitative estimate of drug-likeness (QED) is 0.730. The van der Waals surface area contributed by atoms with E-state index in [-0.39, 0.29) is 10.6 Å². The third-order valence-corrected chi connectivity index (χ3v) is 4.47. The van der Waals surface area contributed by atoms with E-state index in [1.54, 1.807) is 0 Å². The highest BCUT2D eigenvalue weighted by Gasteiger charge is 2.14. The number of fused-ring (bicyclic) bond motifs is 1. The molecule has 0 saturated heterocycles. The van der Waals surface area contributed by atoms with Crippen LogP contribution >= 0.6 is 15.9 Å². The summed E-state index contributed by atoms with van der Waals surface area (Å²) in [5, 5.41) is 0. The third kappa shape index (κ3) is 3.04. The molecule has 0 aliphatic carbocycles. The van der Waals surface area contributed by atoms with Crippen molar-refractivity contribution in [3.05, 3.63) is 65.0 Å². The Morgan fingerprint density at radius 3 is 2.75 bits per heavy atom. The van der Waals surface area contributed by atoms with Crippen LogP contribution in [0.15, 0.2) is 42.5 Å². The normalized spacial score (nSPS) is 15.3.